The van der Waals surface area contributed by atoms with Crippen molar-refractivity contribution in [2.45, 2.75) is 6.92 Å². The molecule has 0 saturated carbocycles. The fourth-order valence-corrected chi connectivity index (χ4v) is 2.51. The molecule has 0 atom stereocenters. The van der Waals surface area contributed by atoms with E-state index in [9.17, 15) is 9.59 Å². The second-order valence-electron chi connectivity index (χ2n) is 5.17. The van der Waals surface area contributed by atoms with Gasteiger partial charge in [0.1, 0.15) is 5.75 Å². The summed E-state index contributed by atoms with van der Waals surface area (Å²) in [6, 6.07) is 11.5. The molecule has 0 aliphatic heterocycles. The first-order chi connectivity index (χ1) is 12.3. The molecule has 2 rings (SSSR count). The lowest BCUT2D eigenvalue weighted by Crippen LogP contribution is -2.49. The van der Waals surface area contributed by atoms with Crippen molar-refractivity contribution in [3.63, 3.8) is 0 Å². The average Bonchev–Trinajstić information content (AvgIpc) is 2.59. The van der Waals surface area contributed by atoms with Gasteiger partial charge in [0.2, 0.25) is 0 Å². The maximum Gasteiger partial charge on any atom is 0.269 e. The van der Waals surface area contributed by atoms with Crippen LogP contribution >= 0.6 is 35.4 Å². The largest absolute Gasteiger partial charge is 0.483 e. The minimum atomic E-state index is -0.478. The molecule has 2 aromatic rings. The fourth-order valence-electron chi connectivity index (χ4n) is 1.93. The van der Waals surface area contributed by atoms with Gasteiger partial charge in [-0.1, -0.05) is 29.3 Å². The van der Waals surface area contributed by atoms with Gasteiger partial charge in [0, 0.05) is 15.6 Å². The summed E-state index contributed by atoms with van der Waals surface area (Å²) >= 11 is 16.6. The molecule has 2 aromatic carbocycles. The fraction of sp³-hybridized carbons (Fsp3) is 0.118. The second kappa shape index (κ2) is 9.38. The van der Waals surface area contributed by atoms with E-state index in [0.29, 0.717) is 21.4 Å². The van der Waals surface area contributed by atoms with Crippen molar-refractivity contribution in [2.24, 2.45) is 0 Å². The molecule has 26 heavy (non-hydrogen) atoms. The number of ether oxygens (including phenoxy) is 1. The third-order valence-corrected chi connectivity index (χ3v) is 3.80. The smallest absolute Gasteiger partial charge is 0.269 e. The predicted molar refractivity (Wildman–Crippen MR) is 104 cm³/mol. The van der Waals surface area contributed by atoms with Crippen LogP contribution in [0, 0.1) is 6.92 Å². The van der Waals surface area contributed by atoms with Crippen LogP contribution in [0.3, 0.4) is 0 Å². The summed E-state index contributed by atoms with van der Waals surface area (Å²) in [5.74, 6) is -0.385. The highest BCUT2D eigenvalue weighted by Crippen LogP contribution is 2.21. The zero-order valence-corrected chi connectivity index (χ0v) is 16.0. The van der Waals surface area contributed by atoms with Crippen LogP contribution in [0.2, 0.25) is 10.0 Å². The number of thiocarbonyl (C=S) groups is 1. The molecule has 0 saturated heterocycles. The quantitative estimate of drug-likeness (QED) is 0.532. The summed E-state index contributed by atoms with van der Waals surface area (Å²) in [5.41, 5.74) is 5.95. The summed E-state index contributed by atoms with van der Waals surface area (Å²) in [5, 5.41) is 3.34. The second-order valence-corrected chi connectivity index (χ2v) is 6.45. The van der Waals surface area contributed by atoms with Gasteiger partial charge in [-0.2, -0.15) is 0 Å². The van der Waals surface area contributed by atoms with Crippen molar-refractivity contribution in [1.29, 1.82) is 0 Å². The summed E-state index contributed by atoms with van der Waals surface area (Å²) in [6.45, 7) is 1.57. The van der Waals surface area contributed by atoms with Gasteiger partial charge in [-0.3, -0.25) is 25.8 Å². The Balaban J connectivity index is 1.76. The molecular weight excluding hydrogens is 397 g/mol. The Morgan fingerprint density at radius 1 is 1.08 bits per heavy atom. The molecule has 0 unspecified atom stereocenters. The highest BCUT2D eigenvalue weighted by molar-refractivity contribution is 7.80. The first kappa shape index (κ1) is 20.0. The van der Waals surface area contributed by atoms with Gasteiger partial charge in [-0.05, 0) is 61.1 Å². The number of amides is 2. The maximum absolute atomic E-state index is 11.9. The lowest BCUT2D eigenvalue weighted by molar-refractivity contribution is -0.121. The van der Waals surface area contributed by atoms with E-state index in [4.69, 9.17) is 40.2 Å². The molecule has 0 aromatic heterocycles. The minimum Gasteiger partial charge on any atom is -0.483 e. The van der Waals surface area contributed by atoms with Gasteiger partial charge >= 0.3 is 0 Å². The van der Waals surface area contributed by atoms with E-state index in [0.717, 1.165) is 5.56 Å². The van der Waals surface area contributed by atoms with Gasteiger partial charge in [-0.15, -0.1) is 0 Å². The van der Waals surface area contributed by atoms with E-state index < -0.39 is 11.8 Å². The third kappa shape index (κ3) is 6.18. The molecule has 0 spiro atoms. The summed E-state index contributed by atoms with van der Waals surface area (Å²) in [7, 11) is 0. The SMILES string of the molecule is Cc1cc(Cl)ccc1OCC(=O)NC(=S)NNC(=O)c1cccc(Cl)c1. The standard InChI is InChI=1S/C17H15Cl2N3O3S/c1-10-7-13(19)5-6-14(10)25-9-15(23)20-17(26)22-21-16(24)11-3-2-4-12(18)8-11/h2-8H,9H2,1H3,(H,21,24)(H2,20,22,23,26). The Morgan fingerprint density at radius 2 is 1.81 bits per heavy atom. The molecular formula is C17H15Cl2N3O3S. The van der Waals surface area contributed by atoms with Crippen molar-refractivity contribution in [1.82, 2.24) is 16.2 Å². The molecule has 3 N–H and O–H groups in total. The van der Waals surface area contributed by atoms with Crippen molar-refractivity contribution in [2.75, 3.05) is 6.61 Å². The Labute approximate surface area is 165 Å². The minimum absolute atomic E-state index is 0.0678. The van der Waals surface area contributed by atoms with Crippen LogP contribution in [0.1, 0.15) is 15.9 Å². The van der Waals surface area contributed by atoms with Crippen LogP contribution in [0.4, 0.5) is 0 Å². The van der Waals surface area contributed by atoms with E-state index in [1.807, 2.05) is 6.92 Å². The summed E-state index contributed by atoms with van der Waals surface area (Å²) in [4.78, 5) is 23.8. The third-order valence-electron chi connectivity index (χ3n) is 3.13. The van der Waals surface area contributed by atoms with E-state index in [-0.39, 0.29) is 11.7 Å². The number of hydrogen-bond donors (Lipinski definition) is 3. The zero-order chi connectivity index (χ0) is 19.1. The first-order valence-electron chi connectivity index (χ1n) is 7.40. The van der Waals surface area contributed by atoms with Crippen LogP contribution < -0.4 is 20.9 Å². The Kier molecular flexibility index (Phi) is 7.20. The Hall–Kier alpha value is -2.35. The lowest BCUT2D eigenvalue weighted by Gasteiger charge is -2.12. The van der Waals surface area contributed by atoms with Crippen molar-refractivity contribution >= 4 is 52.3 Å². The van der Waals surface area contributed by atoms with Crippen LogP contribution in [0.25, 0.3) is 0 Å². The molecule has 6 nitrogen and oxygen atoms in total. The molecule has 0 radical (unpaired) electrons. The Bertz CT molecular complexity index is 846. The summed E-state index contributed by atoms with van der Waals surface area (Å²) in [6.07, 6.45) is 0. The highest BCUT2D eigenvalue weighted by atomic mass is 35.5. The average molecular weight is 412 g/mol. The van der Waals surface area contributed by atoms with Crippen LogP contribution in [-0.2, 0) is 4.79 Å². The Morgan fingerprint density at radius 3 is 2.50 bits per heavy atom. The molecule has 0 bridgehead atoms. The lowest BCUT2D eigenvalue weighted by atomic mass is 10.2. The van der Waals surface area contributed by atoms with Crippen LogP contribution in [-0.4, -0.2) is 23.5 Å². The van der Waals surface area contributed by atoms with Gasteiger partial charge < -0.3 is 4.74 Å². The van der Waals surface area contributed by atoms with Crippen molar-refractivity contribution in [3.8, 4) is 5.75 Å². The number of aryl methyl sites for hydroxylation is 1. The normalized spacial score (nSPS) is 9.96. The van der Waals surface area contributed by atoms with E-state index >= 15 is 0 Å². The van der Waals surface area contributed by atoms with Crippen LogP contribution in [0.15, 0.2) is 42.5 Å². The number of nitrogens with one attached hydrogen (secondary N) is 3. The molecule has 9 heteroatoms. The van der Waals surface area contributed by atoms with Gasteiger partial charge in [0.25, 0.3) is 11.8 Å². The molecule has 0 aliphatic rings. The highest BCUT2D eigenvalue weighted by Gasteiger charge is 2.09. The number of benzene rings is 2. The zero-order valence-electron chi connectivity index (χ0n) is 13.6. The molecule has 0 heterocycles. The number of carbonyl (C=O) groups excluding carboxylic acids is 2. The number of halogens is 2. The van der Waals surface area contributed by atoms with E-state index in [1.54, 1.807) is 36.4 Å². The first-order valence-corrected chi connectivity index (χ1v) is 8.56. The molecule has 0 fully saturated rings. The number of carbonyl (C=O) groups is 2. The number of hydrogen-bond acceptors (Lipinski definition) is 4. The van der Waals surface area contributed by atoms with Crippen LogP contribution in [0.5, 0.6) is 5.75 Å². The number of rotatable bonds is 4. The van der Waals surface area contributed by atoms with Crippen molar-refractivity contribution < 1.29 is 14.3 Å². The van der Waals surface area contributed by atoms with Gasteiger partial charge in [0.05, 0.1) is 0 Å². The number of hydrazine groups is 1. The van der Waals surface area contributed by atoms with Gasteiger partial charge in [0.15, 0.2) is 11.7 Å². The van der Waals surface area contributed by atoms with E-state index in [2.05, 4.69) is 16.2 Å². The topological polar surface area (TPSA) is 79.5 Å². The van der Waals surface area contributed by atoms with Crippen molar-refractivity contribution in [3.05, 3.63) is 63.6 Å². The maximum atomic E-state index is 11.9. The van der Waals surface area contributed by atoms with Gasteiger partial charge in [-0.25, -0.2) is 0 Å². The predicted octanol–water partition coefficient (Wildman–Crippen LogP) is 3.02. The monoisotopic (exact) mass is 411 g/mol. The van der Waals surface area contributed by atoms with E-state index in [1.165, 1.54) is 6.07 Å². The molecule has 2 amide bonds. The molecule has 0 aliphatic carbocycles. The summed E-state index contributed by atoms with van der Waals surface area (Å²) < 4.78 is 5.40. The molecule has 136 valence electrons.